The summed E-state index contributed by atoms with van der Waals surface area (Å²) in [5, 5.41) is 4.68. The Labute approximate surface area is 125 Å². The van der Waals surface area contributed by atoms with Gasteiger partial charge in [0.15, 0.2) is 0 Å². The highest BCUT2D eigenvalue weighted by Gasteiger charge is 2.17. The van der Waals surface area contributed by atoms with Crippen LogP contribution in [0.25, 0.3) is 5.78 Å². The summed E-state index contributed by atoms with van der Waals surface area (Å²) in [4.78, 5) is 20.2. The number of carbonyl (C=O) groups is 1. The van der Waals surface area contributed by atoms with E-state index >= 15 is 0 Å². The third kappa shape index (κ3) is 2.57. The molecule has 3 rings (SSSR count). The molecule has 0 aliphatic rings. The van der Waals surface area contributed by atoms with Crippen LogP contribution in [0.4, 0.5) is 0 Å². The molecule has 0 radical (unpaired) electrons. The number of halogens is 1. The summed E-state index contributed by atoms with van der Waals surface area (Å²) >= 11 is 5.86. The number of hydrogen-bond donors (Lipinski definition) is 0. The predicted molar refractivity (Wildman–Crippen MR) is 76.7 cm³/mol. The minimum Gasteiger partial charge on any atom is -0.420 e. The molecule has 0 fully saturated rings. The average Bonchev–Trinajstić information content (AvgIpc) is 2.87. The lowest BCUT2D eigenvalue weighted by atomic mass is 10.2. The highest BCUT2D eigenvalue weighted by Crippen LogP contribution is 2.22. The van der Waals surface area contributed by atoms with Gasteiger partial charge in [0.05, 0.1) is 0 Å². The molecule has 0 N–H and O–H groups in total. The van der Waals surface area contributed by atoms with Gasteiger partial charge in [-0.1, -0.05) is 11.6 Å². The SMILES string of the molecule is Cc1cc(Cl)ccc1OC(=O)c1nc2nccc(C)n2n1. The van der Waals surface area contributed by atoms with E-state index in [1.165, 1.54) is 4.52 Å². The Kier molecular flexibility index (Phi) is 3.31. The number of esters is 1. The minimum atomic E-state index is -0.634. The molecule has 0 bridgehead atoms. The van der Waals surface area contributed by atoms with Crippen LogP contribution in [-0.4, -0.2) is 25.6 Å². The van der Waals surface area contributed by atoms with Gasteiger partial charge in [0.25, 0.3) is 11.6 Å². The molecule has 0 aliphatic heterocycles. The minimum absolute atomic E-state index is 0.0360. The molecule has 1 aromatic carbocycles. The fraction of sp³-hybridized carbons (Fsp3) is 0.143. The van der Waals surface area contributed by atoms with Gasteiger partial charge in [-0.25, -0.2) is 14.3 Å². The van der Waals surface area contributed by atoms with Gasteiger partial charge in [-0.2, -0.15) is 4.98 Å². The van der Waals surface area contributed by atoms with Crippen LogP contribution in [0.3, 0.4) is 0 Å². The molecule has 0 aliphatic carbocycles. The van der Waals surface area contributed by atoms with Crippen LogP contribution in [0.15, 0.2) is 30.5 Å². The summed E-state index contributed by atoms with van der Waals surface area (Å²) < 4.78 is 6.78. The zero-order valence-corrected chi connectivity index (χ0v) is 12.1. The molecule has 0 atom stereocenters. The first kappa shape index (κ1) is 13.5. The van der Waals surface area contributed by atoms with Gasteiger partial charge in [0.2, 0.25) is 0 Å². The third-order valence-electron chi connectivity index (χ3n) is 2.95. The van der Waals surface area contributed by atoms with Crippen molar-refractivity contribution < 1.29 is 9.53 Å². The van der Waals surface area contributed by atoms with Gasteiger partial charge >= 0.3 is 5.97 Å². The quantitative estimate of drug-likeness (QED) is 0.537. The number of aromatic nitrogens is 4. The molecule has 3 aromatic rings. The van der Waals surface area contributed by atoms with Crippen molar-refractivity contribution in [2.24, 2.45) is 0 Å². The Bertz CT molecular complexity index is 844. The number of ether oxygens (including phenoxy) is 1. The highest BCUT2D eigenvalue weighted by atomic mass is 35.5. The van der Waals surface area contributed by atoms with E-state index in [2.05, 4.69) is 15.1 Å². The van der Waals surface area contributed by atoms with Crippen LogP contribution >= 0.6 is 11.6 Å². The van der Waals surface area contributed by atoms with Crippen molar-refractivity contribution in [1.29, 1.82) is 0 Å². The van der Waals surface area contributed by atoms with Gasteiger partial charge in [0, 0.05) is 16.9 Å². The lowest BCUT2D eigenvalue weighted by molar-refractivity contribution is 0.0721. The summed E-state index contributed by atoms with van der Waals surface area (Å²) in [6, 6.07) is 6.78. The van der Waals surface area contributed by atoms with Crippen LogP contribution in [0.5, 0.6) is 5.75 Å². The molecule has 6 nitrogen and oxygen atoms in total. The normalized spacial score (nSPS) is 10.8. The second-order valence-corrected chi connectivity index (χ2v) is 4.97. The van der Waals surface area contributed by atoms with Crippen LogP contribution in [0.1, 0.15) is 21.9 Å². The number of nitrogens with zero attached hydrogens (tertiary/aromatic N) is 4. The molecular formula is C14H11ClN4O2. The maximum absolute atomic E-state index is 12.1. The molecule has 0 saturated heterocycles. The zero-order chi connectivity index (χ0) is 15.0. The van der Waals surface area contributed by atoms with E-state index in [1.807, 2.05) is 6.92 Å². The van der Waals surface area contributed by atoms with Crippen LogP contribution < -0.4 is 4.74 Å². The van der Waals surface area contributed by atoms with E-state index in [-0.39, 0.29) is 5.82 Å². The van der Waals surface area contributed by atoms with E-state index in [0.717, 1.165) is 11.3 Å². The number of aryl methyl sites for hydroxylation is 2. The Hall–Kier alpha value is -2.47. The molecule has 0 spiro atoms. The van der Waals surface area contributed by atoms with E-state index < -0.39 is 5.97 Å². The largest absolute Gasteiger partial charge is 0.420 e. The molecule has 106 valence electrons. The number of carbonyl (C=O) groups excluding carboxylic acids is 1. The van der Waals surface area contributed by atoms with Crippen molar-refractivity contribution >= 4 is 23.3 Å². The first-order chi connectivity index (χ1) is 10.0. The summed E-state index contributed by atoms with van der Waals surface area (Å²) in [6.45, 7) is 3.65. The molecule has 7 heteroatoms. The van der Waals surface area contributed by atoms with Crippen molar-refractivity contribution in [2.45, 2.75) is 13.8 Å². The number of benzene rings is 1. The smallest absolute Gasteiger partial charge is 0.383 e. The standard InChI is InChI=1S/C14H11ClN4O2/c1-8-7-10(15)3-4-11(8)21-13(20)12-17-14-16-6-5-9(2)19(14)18-12/h3-7H,1-2H3. The fourth-order valence-corrected chi connectivity index (χ4v) is 2.09. The fourth-order valence-electron chi connectivity index (χ4n) is 1.87. The molecule has 2 heterocycles. The van der Waals surface area contributed by atoms with Crippen molar-refractivity contribution in [3.8, 4) is 5.75 Å². The van der Waals surface area contributed by atoms with Crippen LogP contribution in [0.2, 0.25) is 5.02 Å². The Morgan fingerprint density at radius 3 is 2.81 bits per heavy atom. The Morgan fingerprint density at radius 1 is 1.29 bits per heavy atom. The van der Waals surface area contributed by atoms with E-state index in [9.17, 15) is 4.79 Å². The zero-order valence-electron chi connectivity index (χ0n) is 11.4. The number of hydrogen-bond acceptors (Lipinski definition) is 5. The maximum Gasteiger partial charge on any atom is 0.383 e. The van der Waals surface area contributed by atoms with Gasteiger partial charge < -0.3 is 4.74 Å². The highest BCUT2D eigenvalue weighted by molar-refractivity contribution is 6.30. The first-order valence-corrected chi connectivity index (χ1v) is 6.59. The van der Waals surface area contributed by atoms with Crippen molar-refractivity contribution in [3.05, 3.63) is 52.6 Å². The second-order valence-electron chi connectivity index (χ2n) is 4.53. The topological polar surface area (TPSA) is 69.4 Å². The van der Waals surface area contributed by atoms with Gasteiger partial charge in [0.1, 0.15) is 5.75 Å². The lowest BCUT2D eigenvalue weighted by Crippen LogP contribution is -2.11. The summed E-state index contributed by atoms with van der Waals surface area (Å²) in [7, 11) is 0. The molecule has 0 amide bonds. The van der Waals surface area contributed by atoms with Gasteiger partial charge in [-0.15, -0.1) is 5.10 Å². The van der Waals surface area contributed by atoms with E-state index in [1.54, 1.807) is 37.4 Å². The summed E-state index contributed by atoms with van der Waals surface area (Å²) in [5.74, 6) is 0.110. The van der Waals surface area contributed by atoms with E-state index in [0.29, 0.717) is 16.5 Å². The van der Waals surface area contributed by atoms with Gasteiger partial charge in [-0.05, 0) is 43.7 Å². The molecule has 0 unspecified atom stereocenters. The monoisotopic (exact) mass is 302 g/mol. The van der Waals surface area contributed by atoms with Crippen LogP contribution in [0, 0.1) is 13.8 Å². The maximum atomic E-state index is 12.1. The van der Waals surface area contributed by atoms with Crippen molar-refractivity contribution in [2.75, 3.05) is 0 Å². The first-order valence-electron chi connectivity index (χ1n) is 6.21. The van der Waals surface area contributed by atoms with Gasteiger partial charge in [-0.3, -0.25) is 0 Å². The molecular weight excluding hydrogens is 292 g/mol. The molecule has 21 heavy (non-hydrogen) atoms. The van der Waals surface area contributed by atoms with Crippen LogP contribution in [-0.2, 0) is 0 Å². The summed E-state index contributed by atoms with van der Waals surface area (Å²) in [5.41, 5.74) is 1.59. The Balaban J connectivity index is 1.92. The molecule has 0 saturated carbocycles. The molecule has 2 aromatic heterocycles. The lowest BCUT2D eigenvalue weighted by Gasteiger charge is -2.05. The average molecular weight is 303 g/mol. The number of fused-ring (bicyclic) bond motifs is 1. The number of rotatable bonds is 2. The second kappa shape index (κ2) is 5.14. The Morgan fingerprint density at radius 2 is 2.10 bits per heavy atom. The van der Waals surface area contributed by atoms with Crippen molar-refractivity contribution in [3.63, 3.8) is 0 Å². The predicted octanol–water partition coefficient (Wildman–Crippen LogP) is 2.61. The summed E-state index contributed by atoms with van der Waals surface area (Å²) in [6.07, 6.45) is 1.61. The van der Waals surface area contributed by atoms with Crippen molar-refractivity contribution in [1.82, 2.24) is 19.6 Å². The van der Waals surface area contributed by atoms with E-state index in [4.69, 9.17) is 16.3 Å². The third-order valence-corrected chi connectivity index (χ3v) is 3.19.